The van der Waals surface area contributed by atoms with Crippen molar-refractivity contribution in [2.45, 2.75) is 18.9 Å². The van der Waals surface area contributed by atoms with Gasteiger partial charge in [0.25, 0.3) is 0 Å². The predicted octanol–water partition coefficient (Wildman–Crippen LogP) is 2.31. The Morgan fingerprint density at radius 2 is 2.24 bits per heavy atom. The second-order valence-electron chi connectivity index (χ2n) is 4.50. The van der Waals surface area contributed by atoms with Gasteiger partial charge in [0.2, 0.25) is 0 Å². The van der Waals surface area contributed by atoms with Gasteiger partial charge in [-0.05, 0) is 26.4 Å². The first-order valence-corrected chi connectivity index (χ1v) is 6.43. The van der Waals surface area contributed by atoms with E-state index in [9.17, 15) is 0 Å². The van der Waals surface area contributed by atoms with E-state index in [-0.39, 0.29) is 0 Å². The largest absolute Gasteiger partial charge is 0.370 e. The molecule has 94 valence electrons. The van der Waals surface area contributed by atoms with E-state index in [2.05, 4.69) is 27.0 Å². The Labute approximate surface area is 112 Å². The van der Waals surface area contributed by atoms with Crippen LogP contribution in [0.15, 0.2) is 6.07 Å². The van der Waals surface area contributed by atoms with E-state index in [0.717, 1.165) is 12.2 Å². The van der Waals surface area contributed by atoms with Gasteiger partial charge in [-0.15, -0.1) is 10.2 Å². The number of halogens is 2. The van der Waals surface area contributed by atoms with Crippen molar-refractivity contribution in [2.24, 2.45) is 0 Å². The lowest BCUT2D eigenvalue weighted by molar-refractivity contribution is 0.314. The summed E-state index contributed by atoms with van der Waals surface area (Å²) in [4.78, 5) is 4.47. The van der Waals surface area contributed by atoms with Crippen LogP contribution < -0.4 is 4.90 Å². The van der Waals surface area contributed by atoms with Crippen LogP contribution in [0.25, 0.3) is 0 Å². The maximum Gasteiger partial charge on any atom is 0.175 e. The Morgan fingerprint density at radius 3 is 2.88 bits per heavy atom. The van der Waals surface area contributed by atoms with Gasteiger partial charge >= 0.3 is 0 Å². The molecule has 1 aromatic heterocycles. The summed E-state index contributed by atoms with van der Waals surface area (Å²) in [6.07, 6.45) is 2.49. The van der Waals surface area contributed by atoms with Crippen LogP contribution in [0.4, 0.5) is 5.69 Å². The van der Waals surface area contributed by atoms with Crippen molar-refractivity contribution in [3.63, 3.8) is 0 Å². The number of likely N-dealkylation sites (N-methyl/N-ethyl adjacent to an activating group) is 2. The number of rotatable bonds is 3. The molecule has 1 atom stereocenters. The monoisotopic (exact) mass is 274 g/mol. The van der Waals surface area contributed by atoms with E-state index in [4.69, 9.17) is 23.2 Å². The maximum absolute atomic E-state index is 6.03. The van der Waals surface area contributed by atoms with Crippen LogP contribution in [-0.4, -0.2) is 48.3 Å². The molecule has 0 aliphatic carbocycles. The Kier molecular flexibility index (Phi) is 4.07. The van der Waals surface area contributed by atoms with Gasteiger partial charge in [-0.3, -0.25) is 0 Å². The highest BCUT2D eigenvalue weighted by Crippen LogP contribution is 2.26. The van der Waals surface area contributed by atoms with Crippen LogP contribution in [0.2, 0.25) is 10.3 Å². The fourth-order valence-corrected chi connectivity index (χ4v) is 2.61. The normalized spacial score (nSPS) is 20.8. The average Bonchev–Trinajstić information content (AvgIpc) is 2.68. The molecule has 0 amide bonds. The van der Waals surface area contributed by atoms with E-state index in [1.165, 1.54) is 19.4 Å². The number of anilines is 1. The zero-order valence-electron chi connectivity index (χ0n) is 10.0. The molecule has 1 unspecified atom stereocenters. The number of nitrogens with zero attached hydrogens (tertiary/aromatic N) is 4. The van der Waals surface area contributed by atoms with Crippen LogP contribution in [0.1, 0.15) is 12.8 Å². The minimum absolute atomic E-state index is 0.371. The minimum atomic E-state index is 0.371. The van der Waals surface area contributed by atoms with Crippen molar-refractivity contribution in [3.05, 3.63) is 16.4 Å². The van der Waals surface area contributed by atoms with Crippen molar-refractivity contribution in [1.29, 1.82) is 0 Å². The molecule has 0 radical (unpaired) electrons. The zero-order valence-corrected chi connectivity index (χ0v) is 11.5. The Bertz CT molecular complexity index is 399. The van der Waals surface area contributed by atoms with Crippen molar-refractivity contribution in [1.82, 2.24) is 15.1 Å². The average molecular weight is 275 g/mol. The summed E-state index contributed by atoms with van der Waals surface area (Å²) in [5.41, 5.74) is 0.840. The van der Waals surface area contributed by atoms with E-state index in [0.29, 0.717) is 16.3 Å². The van der Waals surface area contributed by atoms with Gasteiger partial charge in [-0.1, -0.05) is 23.2 Å². The molecular weight excluding hydrogens is 259 g/mol. The summed E-state index contributed by atoms with van der Waals surface area (Å²) >= 11 is 11.9. The third kappa shape index (κ3) is 3.00. The van der Waals surface area contributed by atoms with E-state index in [1.807, 2.05) is 7.05 Å². The van der Waals surface area contributed by atoms with Crippen LogP contribution in [-0.2, 0) is 0 Å². The van der Waals surface area contributed by atoms with Gasteiger partial charge in [0.1, 0.15) is 0 Å². The number of hydrogen-bond donors (Lipinski definition) is 0. The number of likely N-dealkylation sites (tertiary alicyclic amines) is 1. The predicted molar refractivity (Wildman–Crippen MR) is 71.0 cm³/mol. The molecule has 1 saturated heterocycles. The highest BCUT2D eigenvalue weighted by Gasteiger charge is 2.23. The molecule has 2 rings (SSSR count). The molecule has 0 aromatic carbocycles. The fraction of sp³-hybridized carbons (Fsp3) is 0.636. The van der Waals surface area contributed by atoms with Crippen LogP contribution in [0.5, 0.6) is 0 Å². The third-order valence-corrected chi connectivity index (χ3v) is 3.72. The van der Waals surface area contributed by atoms with Gasteiger partial charge in [0, 0.05) is 25.7 Å². The summed E-state index contributed by atoms with van der Waals surface area (Å²) in [7, 11) is 4.16. The molecular formula is C11H16Cl2N4. The third-order valence-electron chi connectivity index (χ3n) is 3.27. The topological polar surface area (TPSA) is 32.3 Å². The van der Waals surface area contributed by atoms with Gasteiger partial charge in [-0.25, -0.2) is 0 Å². The van der Waals surface area contributed by atoms with Gasteiger partial charge in [0.15, 0.2) is 10.3 Å². The van der Waals surface area contributed by atoms with E-state index >= 15 is 0 Å². The first-order valence-electron chi connectivity index (χ1n) is 5.68. The molecule has 17 heavy (non-hydrogen) atoms. The van der Waals surface area contributed by atoms with Crippen molar-refractivity contribution in [2.75, 3.05) is 32.1 Å². The van der Waals surface area contributed by atoms with E-state index in [1.54, 1.807) is 6.07 Å². The molecule has 4 nitrogen and oxygen atoms in total. The van der Waals surface area contributed by atoms with Gasteiger partial charge in [-0.2, -0.15) is 0 Å². The highest BCUT2D eigenvalue weighted by atomic mass is 35.5. The fourth-order valence-electron chi connectivity index (χ4n) is 2.24. The van der Waals surface area contributed by atoms with Crippen LogP contribution in [0, 0.1) is 0 Å². The Balaban J connectivity index is 2.08. The minimum Gasteiger partial charge on any atom is -0.370 e. The van der Waals surface area contributed by atoms with Gasteiger partial charge in [0.05, 0.1) is 5.69 Å². The summed E-state index contributed by atoms with van der Waals surface area (Å²) in [5.74, 6) is 0. The molecule has 1 aromatic rings. The Morgan fingerprint density at radius 1 is 1.47 bits per heavy atom. The maximum atomic E-state index is 6.03. The first-order chi connectivity index (χ1) is 8.08. The SMILES string of the molecule is CN(CC1CCCN1C)c1cc(Cl)nnc1Cl. The molecule has 2 heterocycles. The smallest absolute Gasteiger partial charge is 0.175 e. The lowest BCUT2D eigenvalue weighted by atomic mass is 10.2. The highest BCUT2D eigenvalue weighted by molar-refractivity contribution is 6.33. The summed E-state index contributed by atoms with van der Waals surface area (Å²) in [6, 6.07) is 2.33. The van der Waals surface area contributed by atoms with Crippen molar-refractivity contribution >= 4 is 28.9 Å². The molecule has 0 bridgehead atoms. The summed E-state index contributed by atoms with van der Waals surface area (Å²) in [6.45, 7) is 2.10. The lowest BCUT2D eigenvalue weighted by Crippen LogP contribution is -2.36. The van der Waals surface area contributed by atoms with Crippen molar-refractivity contribution < 1.29 is 0 Å². The van der Waals surface area contributed by atoms with Crippen LogP contribution >= 0.6 is 23.2 Å². The second kappa shape index (κ2) is 5.38. The molecule has 1 aliphatic rings. The van der Waals surface area contributed by atoms with E-state index < -0.39 is 0 Å². The zero-order chi connectivity index (χ0) is 12.4. The number of aromatic nitrogens is 2. The summed E-state index contributed by atoms with van der Waals surface area (Å²) in [5, 5.41) is 8.31. The Hall–Kier alpha value is -0.580. The first kappa shape index (κ1) is 12.9. The molecule has 1 aliphatic heterocycles. The molecule has 0 N–H and O–H groups in total. The number of hydrogen-bond acceptors (Lipinski definition) is 4. The second-order valence-corrected chi connectivity index (χ2v) is 5.25. The molecule has 0 saturated carbocycles. The standard InChI is InChI=1S/C11H16Cl2N4/c1-16-5-3-4-8(16)7-17(2)9-6-10(12)14-15-11(9)13/h6,8H,3-5,7H2,1-2H3. The molecule has 0 spiro atoms. The molecule has 6 heteroatoms. The quantitative estimate of drug-likeness (QED) is 0.847. The lowest BCUT2D eigenvalue weighted by Gasteiger charge is -2.27. The van der Waals surface area contributed by atoms with Crippen molar-refractivity contribution in [3.8, 4) is 0 Å². The summed E-state index contributed by atoms with van der Waals surface area (Å²) < 4.78 is 0. The van der Waals surface area contributed by atoms with Crippen LogP contribution in [0.3, 0.4) is 0 Å². The van der Waals surface area contributed by atoms with Gasteiger partial charge < -0.3 is 9.80 Å². The molecule has 1 fully saturated rings.